The van der Waals surface area contributed by atoms with Crippen molar-refractivity contribution in [3.63, 3.8) is 0 Å². The van der Waals surface area contributed by atoms with E-state index in [2.05, 4.69) is 25.6 Å². The lowest BCUT2D eigenvalue weighted by Gasteiger charge is -2.10. The van der Waals surface area contributed by atoms with Gasteiger partial charge in [-0.05, 0) is 12.5 Å². The summed E-state index contributed by atoms with van der Waals surface area (Å²) in [5, 5.41) is 10.1. The highest BCUT2D eigenvalue weighted by atomic mass is 19.4. The predicted molar refractivity (Wildman–Crippen MR) is 65.9 cm³/mol. The van der Waals surface area contributed by atoms with Crippen LogP contribution in [-0.2, 0) is 12.7 Å². The third-order valence-electron chi connectivity index (χ3n) is 2.56. The Morgan fingerprint density at radius 2 is 2.05 bits per heavy atom. The van der Waals surface area contributed by atoms with Crippen molar-refractivity contribution in [2.24, 2.45) is 0 Å². The van der Waals surface area contributed by atoms with Crippen LogP contribution >= 0.6 is 0 Å². The molecular weight excluding hydrogens is 273 g/mol. The van der Waals surface area contributed by atoms with E-state index in [4.69, 9.17) is 0 Å². The van der Waals surface area contributed by atoms with E-state index in [9.17, 15) is 13.2 Å². The van der Waals surface area contributed by atoms with E-state index in [-0.39, 0.29) is 11.6 Å². The maximum Gasteiger partial charge on any atom is 0.433 e. The van der Waals surface area contributed by atoms with Gasteiger partial charge in [-0.15, -0.1) is 5.10 Å². The summed E-state index contributed by atoms with van der Waals surface area (Å²) in [6.07, 6.45) is -2.36. The molecule has 1 N–H and O–H groups in total. The molecule has 0 amide bonds. The topological polar surface area (TPSA) is 68.5 Å². The fourth-order valence-corrected chi connectivity index (χ4v) is 1.67. The molecule has 9 heteroatoms. The molecule has 0 unspecified atom stereocenters. The number of rotatable bonds is 4. The third kappa shape index (κ3) is 2.86. The quantitative estimate of drug-likeness (QED) is 0.933. The van der Waals surface area contributed by atoms with Gasteiger partial charge >= 0.3 is 6.18 Å². The summed E-state index contributed by atoms with van der Waals surface area (Å²) in [6, 6.07) is 0.895. The van der Waals surface area contributed by atoms with E-state index >= 15 is 0 Å². The van der Waals surface area contributed by atoms with E-state index in [0.717, 1.165) is 12.5 Å². The summed E-state index contributed by atoms with van der Waals surface area (Å²) >= 11 is 0. The number of aromatic nitrogens is 5. The highest BCUT2D eigenvalue weighted by Gasteiger charge is 2.34. The lowest BCUT2D eigenvalue weighted by molar-refractivity contribution is -0.141. The zero-order valence-electron chi connectivity index (χ0n) is 10.9. The number of hydrogen-bond acceptors (Lipinski definition) is 5. The minimum absolute atomic E-state index is 0.0981. The van der Waals surface area contributed by atoms with Crippen molar-refractivity contribution >= 4 is 5.95 Å². The van der Waals surface area contributed by atoms with Gasteiger partial charge in [0, 0.05) is 13.6 Å². The van der Waals surface area contributed by atoms with Crippen molar-refractivity contribution in [1.82, 2.24) is 25.0 Å². The molecule has 2 aromatic heterocycles. The molecule has 0 spiro atoms. The summed E-state index contributed by atoms with van der Waals surface area (Å²) < 4.78 is 40.0. The Labute approximate surface area is 113 Å². The minimum atomic E-state index is -4.54. The fourth-order valence-electron chi connectivity index (χ4n) is 1.67. The van der Waals surface area contributed by atoms with Crippen molar-refractivity contribution < 1.29 is 13.2 Å². The molecule has 0 bridgehead atoms. The molecule has 6 nitrogen and oxygen atoms in total. The summed E-state index contributed by atoms with van der Waals surface area (Å²) in [6.45, 7) is 2.49. The molecule has 0 aliphatic carbocycles. The summed E-state index contributed by atoms with van der Waals surface area (Å²) in [5.74, 6) is -0.0981. The number of alkyl halides is 3. The first-order valence-corrected chi connectivity index (χ1v) is 5.98. The van der Waals surface area contributed by atoms with Crippen LogP contribution in [0.3, 0.4) is 0 Å². The normalized spacial score (nSPS) is 11.7. The van der Waals surface area contributed by atoms with E-state index in [1.165, 1.54) is 17.9 Å². The molecule has 0 aliphatic rings. The minimum Gasteiger partial charge on any atom is -0.357 e. The lowest BCUT2D eigenvalue weighted by atomic mass is 10.2. The summed E-state index contributed by atoms with van der Waals surface area (Å²) in [7, 11) is 1.46. The molecule has 2 aromatic rings. The van der Waals surface area contributed by atoms with Gasteiger partial charge in [0.25, 0.3) is 0 Å². The molecule has 0 saturated heterocycles. The zero-order chi connectivity index (χ0) is 14.8. The average molecular weight is 286 g/mol. The largest absolute Gasteiger partial charge is 0.433 e. The van der Waals surface area contributed by atoms with Crippen LogP contribution in [0.1, 0.15) is 19.0 Å². The monoisotopic (exact) mass is 286 g/mol. The maximum atomic E-state index is 12.8. The van der Waals surface area contributed by atoms with Crippen molar-refractivity contribution in [1.29, 1.82) is 0 Å². The van der Waals surface area contributed by atoms with Crippen LogP contribution in [0.4, 0.5) is 19.1 Å². The number of halogens is 3. The number of nitrogens with one attached hydrogen (secondary N) is 1. The predicted octanol–water partition coefficient (Wildman–Crippen LogP) is 2.21. The van der Waals surface area contributed by atoms with Crippen LogP contribution in [0.25, 0.3) is 11.4 Å². The van der Waals surface area contributed by atoms with Crippen molar-refractivity contribution in [2.45, 2.75) is 26.1 Å². The summed E-state index contributed by atoms with van der Waals surface area (Å²) in [5.41, 5.74) is -0.442. The highest BCUT2D eigenvalue weighted by molar-refractivity contribution is 5.55. The first-order valence-electron chi connectivity index (χ1n) is 5.98. The molecule has 0 aromatic carbocycles. The highest BCUT2D eigenvalue weighted by Crippen LogP contribution is 2.30. The van der Waals surface area contributed by atoms with Crippen molar-refractivity contribution in [2.75, 3.05) is 12.4 Å². The third-order valence-corrected chi connectivity index (χ3v) is 2.56. The van der Waals surface area contributed by atoms with Crippen LogP contribution in [-0.4, -0.2) is 32.0 Å². The fraction of sp³-hybridized carbons (Fsp3) is 0.455. The molecular formula is C11H13F3N6. The van der Waals surface area contributed by atoms with Crippen LogP contribution in [0, 0.1) is 0 Å². The van der Waals surface area contributed by atoms with Gasteiger partial charge in [-0.3, -0.25) is 0 Å². The Balaban J connectivity index is 2.53. The van der Waals surface area contributed by atoms with E-state index in [1.54, 1.807) is 0 Å². The van der Waals surface area contributed by atoms with Crippen molar-refractivity contribution in [3.05, 3.63) is 18.0 Å². The van der Waals surface area contributed by atoms with Crippen LogP contribution in [0.2, 0.25) is 0 Å². The zero-order valence-corrected chi connectivity index (χ0v) is 10.9. The second-order valence-electron chi connectivity index (χ2n) is 4.05. The number of aryl methyl sites for hydroxylation is 1. The van der Waals surface area contributed by atoms with Crippen LogP contribution < -0.4 is 5.32 Å². The molecule has 0 aliphatic heterocycles. The van der Waals surface area contributed by atoms with Gasteiger partial charge in [0.05, 0.1) is 11.9 Å². The SMILES string of the molecule is CCCn1nncc1-c1cc(C(F)(F)F)nc(NC)n1. The first-order chi connectivity index (χ1) is 9.45. The van der Waals surface area contributed by atoms with E-state index in [0.29, 0.717) is 12.2 Å². The molecule has 0 fully saturated rings. The van der Waals surface area contributed by atoms with Gasteiger partial charge in [0.2, 0.25) is 5.95 Å². The maximum absolute atomic E-state index is 12.8. The van der Waals surface area contributed by atoms with Gasteiger partial charge in [-0.1, -0.05) is 12.1 Å². The smallest absolute Gasteiger partial charge is 0.357 e. The Kier molecular flexibility index (Phi) is 3.86. The molecule has 2 heterocycles. The van der Waals surface area contributed by atoms with Crippen LogP contribution in [0.15, 0.2) is 12.3 Å². The molecule has 0 saturated carbocycles. The van der Waals surface area contributed by atoms with E-state index in [1.807, 2.05) is 6.92 Å². The Morgan fingerprint density at radius 1 is 1.30 bits per heavy atom. The molecule has 2 rings (SSSR count). The molecule has 0 atom stereocenters. The van der Waals surface area contributed by atoms with Gasteiger partial charge in [0.15, 0.2) is 5.69 Å². The Bertz CT molecular complexity index is 592. The second kappa shape index (κ2) is 5.43. The molecule has 0 radical (unpaired) electrons. The second-order valence-corrected chi connectivity index (χ2v) is 4.05. The van der Waals surface area contributed by atoms with Gasteiger partial charge in [-0.25, -0.2) is 14.6 Å². The Morgan fingerprint density at radius 3 is 2.65 bits per heavy atom. The number of nitrogens with zero attached hydrogens (tertiary/aromatic N) is 5. The van der Waals surface area contributed by atoms with Crippen molar-refractivity contribution in [3.8, 4) is 11.4 Å². The summed E-state index contributed by atoms with van der Waals surface area (Å²) in [4.78, 5) is 7.44. The number of anilines is 1. The first kappa shape index (κ1) is 14.2. The van der Waals surface area contributed by atoms with E-state index < -0.39 is 11.9 Å². The molecule has 108 valence electrons. The van der Waals surface area contributed by atoms with Gasteiger partial charge in [-0.2, -0.15) is 13.2 Å². The number of hydrogen-bond donors (Lipinski definition) is 1. The molecule has 20 heavy (non-hydrogen) atoms. The Hall–Kier alpha value is -2.19. The van der Waals surface area contributed by atoms with Gasteiger partial charge < -0.3 is 5.32 Å². The van der Waals surface area contributed by atoms with Gasteiger partial charge in [0.1, 0.15) is 5.69 Å². The standard InChI is InChI=1S/C11H13F3N6/c1-3-4-20-8(6-16-19-20)7-5-9(11(12,13)14)18-10(15-2)17-7/h5-6H,3-4H2,1-2H3,(H,15,17,18). The lowest BCUT2D eigenvalue weighted by Crippen LogP contribution is -2.12. The average Bonchev–Trinajstić information content (AvgIpc) is 2.86. The van der Waals surface area contributed by atoms with Crippen LogP contribution in [0.5, 0.6) is 0 Å².